The Balaban J connectivity index is 3.27. The molecule has 0 aliphatic carbocycles. The number of hydrogen-bond acceptors (Lipinski definition) is 3. The Hall–Kier alpha value is -1.15. The van der Waals surface area contributed by atoms with E-state index in [9.17, 15) is 9.59 Å². The summed E-state index contributed by atoms with van der Waals surface area (Å²) in [7, 11) is 0. The van der Waals surface area contributed by atoms with Crippen molar-refractivity contribution in [2.24, 2.45) is 0 Å². The summed E-state index contributed by atoms with van der Waals surface area (Å²) in [5.41, 5.74) is 0. The van der Waals surface area contributed by atoms with Crippen LogP contribution in [0, 0.1) is 12.3 Å². The normalized spacial score (nSPS) is 9.27. The van der Waals surface area contributed by atoms with Gasteiger partial charge in [0.05, 0.1) is 11.5 Å². The highest BCUT2D eigenvalue weighted by atomic mass is 32.2. The fraction of sp³-hybridized carbons (Fsp3) is 0.600. The molecule has 0 saturated heterocycles. The summed E-state index contributed by atoms with van der Waals surface area (Å²) in [5, 5.41) is 11.0. The number of carboxylic acids is 1. The highest BCUT2D eigenvalue weighted by molar-refractivity contribution is 8.00. The maximum atomic E-state index is 11.1. The molecule has 0 heterocycles. The summed E-state index contributed by atoms with van der Waals surface area (Å²) in [6.45, 7) is 0.605. The first kappa shape index (κ1) is 13.8. The van der Waals surface area contributed by atoms with Crippen LogP contribution in [0.2, 0.25) is 0 Å². The van der Waals surface area contributed by atoms with E-state index in [1.54, 1.807) is 0 Å². The van der Waals surface area contributed by atoms with Crippen LogP contribution in [0.25, 0.3) is 0 Å². The second-order valence-electron chi connectivity index (χ2n) is 2.90. The monoisotopic (exact) mass is 229 g/mol. The van der Waals surface area contributed by atoms with Crippen LogP contribution in [0.3, 0.4) is 0 Å². The van der Waals surface area contributed by atoms with Crippen LogP contribution >= 0.6 is 11.8 Å². The first-order chi connectivity index (χ1) is 7.16. The van der Waals surface area contributed by atoms with E-state index in [-0.39, 0.29) is 17.4 Å². The molecule has 84 valence electrons. The maximum absolute atomic E-state index is 11.1. The third-order valence-electron chi connectivity index (χ3n) is 1.53. The van der Waals surface area contributed by atoms with Crippen molar-refractivity contribution in [3.63, 3.8) is 0 Å². The van der Waals surface area contributed by atoms with E-state index in [0.717, 1.165) is 31.0 Å². The second kappa shape index (κ2) is 9.41. The lowest BCUT2D eigenvalue weighted by Gasteiger charge is -2.03. The van der Waals surface area contributed by atoms with Crippen molar-refractivity contribution < 1.29 is 14.7 Å². The number of terminal acetylenes is 1. The van der Waals surface area contributed by atoms with Gasteiger partial charge in [0.1, 0.15) is 0 Å². The number of carbonyl (C=O) groups is 2. The molecule has 15 heavy (non-hydrogen) atoms. The Kier molecular flexibility index (Phi) is 8.69. The molecule has 0 aliphatic rings. The molecule has 1 amide bonds. The Morgan fingerprint density at radius 3 is 2.67 bits per heavy atom. The van der Waals surface area contributed by atoms with Gasteiger partial charge in [0.25, 0.3) is 0 Å². The first-order valence-electron chi connectivity index (χ1n) is 4.66. The number of carboxylic acid groups (broad SMARTS) is 1. The van der Waals surface area contributed by atoms with Gasteiger partial charge in [-0.15, -0.1) is 24.1 Å². The van der Waals surface area contributed by atoms with Crippen molar-refractivity contribution >= 4 is 23.6 Å². The average molecular weight is 229 g/mol. The van der Waals surface area contributed by atoms with Gasteiger partial charge in [-0.25, -0.2) is 0 Å². The highest BCUT2D eigenvalue weighted by Crippen LogP contribution is 1.98. The lowest BCUT2D eigenvalue weighted by Crippen LogP contribution is -2.26. The summed E-state index contributed by atoms with van der Waals surface area (Å²) >= 11 is 1.09. The fourth-order valence-electron chi connectivity index (χ4n) is 0.862. The predicted octanol–water partition coefficient (Wildman–Crippen LogP) is 0.724. The molecule has 0 aromatic heterocycles. The van der Waals surface area contributed by atoms with Crippen molar-refractivity contribution in [2.75, 3.05) is 18.1 Å². The molecule has 4 nitrogen and oxygen atoms in total. The Morgan fingerprint density at radius 2 is 2.07 bits per heavy atom. The zero-order valence-corrected chi connectivity index (χ0v) is 9.31. The van der Waals surface area contributed by atoms with Crippen LogP contribution in [0.5, 0.6) is 0 Å². The number of hydrogen-bond donors (Lipinski definition) is 2. The standard InChI is InChI=1S/C10H15NO3S/c1-2-3-4-5-6-11-9(12)7-15-8-10(13)14/h1H,3-8H2,(H,11,12)(H,13,14). The topological polar surface area (TPSA) is 66.4 Å². The van der Waals surface area contributed by atoms with E-state index in [0.29, 0.717) is 6.54 Å². The molecule has 0 atom stereocenters. The van der Waals surface area contributed by atoms with E-state index >= 15 is 0 Å². The number of carbonyl (C=O) groups excluding carboxylic acids is 1. The summed E-state index contributed by atoms with van der Waals surface area (Å²) in [6, 6.07) is 0. The van der Waals surface area contributed by atoms with Crippen molar-refractivity contribution in [3.05, 3.63) is 0 Å². The maximum Gasteiger partial charge on any atom is 0.313 e. The molecule has 0 bridgehead atoms. The summed E-state index contributed by atoms with van der Waals surface area (Å²) in [5.74, 6) is 1.65. The molecule has 0 saturated carbocycles. The van der Waals surface area contributed by atoms with E-state index in [2.05, 4.69) is 11.2 Å². The van der Waals surface area contributed by atoms with Crippen molar-refractivity contribution in [1.29, 1.82) is 0 Å². The molecule has 0 fully saturated rings. The molecule has 0 aromatic rings. The lowest BCUT2D eigenvalue weighted by atomic mass is 10.2. The molecule has 5 heteroatoms. The van der Waals surface area contributed by atoms with Crippen LogP contribution in [-0.4, -0.2) is 35.0 Å². The molecule has 0 spiro atoms. The zero-order valence-electron chi connectivity index (χ0n) is 8.49. The van der Waals surface area contributed by atoms with E-state index in [1.165, 1.54) is 0 Å². The molecule has 0 unspecified atom stereocenters. The van der Waals surface area contributed by atoms with Gasteiger partial charge in [-0.3, -0.25) is 9.59 Å². The van der Waals surface area contributed by atoms with Gasteiger partial charge in [0.15, 0.2) is 0 Å². The Labute approximate surface area is 93.8 Å². The molecule has 0 aliphatic heterocycles. The van der Waals surface area contributed by atoms with Gasteiger partial charge >= 0.3 is 5.97 Å². The van der Waals surface area contributed by atoms with E-state index in [4.69, 9.17) is 11.5 Å². The summed E-state index contributed by atoms with van der Waals surface area (Å²) < 4.78 is 0. The number of thioether (sulfide) groups is 1. The minimum absolute atomic E-state index is 0.0372. The van der Waals surface area contributed by atoms with Crippen molar-refractivity contribution in [2.45, 2.75) is 19.3 Å². The lowest BCUT2D eigenvalue weighted by molar-refractivity contribution is -0.133. The third-order valence-corrected chi connectivity index (χ3v) is 2.45. The molecular weight excluding hydrogens is 214 g/mol. The molecular formula is C10H15NO3S. The van der Waals surface area contributed by atoms with E-state index < -0.39 is 5.97 Å². The van der Waals surface area contributed by atoms with Gasteiger partial charge in [-0.05, 0) is 12.8 Å². The molecule has 2 N–H and O–H groups in total. The van der Waals surface area contributed by atoms with Crippen LogP contribution < -0.4 is 5.32 Å². The highest BCUT2D eigenvalue weighted by Gasteiger charge is 2.02. The van der Waals surface area contributed by atoms with Gasteiger partial charge in [0, 0.05) is 13.0 Å². The largest absolute Gasteiger partial charge is 0.481 e. The summed E-state index contributed by atoms with van der Waals surface area (Å²) in [6.07, 6.45) is 7.56. The van der Waals surface area contributed by atoms with Gasteiger partial charge < -0.3 is 10.4 Å². The third kappa shape index (κ3) is 10.8. The Bertz CT molecular complexity index is 248. The van der Waals surface area contributed by atoms with E-state index in [1.807, 2.05) is 0 Å². The Morgan fingerprint density at radius 1 is 1.33 bits per heavy atom. The number of nitrogens with one attached hydrogen (secondary N) is 1. The minimum Gasteiger partial charge on any atom is -0.481 e. The zero-order chi connectivity index (χ0) is 11.5. The number of amides is 1. The number of unbranched alkanes of at least 4 members (excludes halogenated alkanes) is 2. The SMILES string of the molecule is C#CCCCCNC(=O)CSCC(=O)O. The van der Waals surface area contributed by atoms with Gasteiger partial charge in [-0.2, -0.15) is 0 Å². The van der Waals surface area contributed by atoms with Crippen LogP contribution in [-0.2, 0) is 9.59 Å². The van der Waals surface area contributed by atoms with Crippen LogP contribution in [0.4, 0.5) is 0 Å². The van der Waals surface area contributed by atoms with Crippen molar-refractivity contribution in [3.8, 4) is 12.3 Å². The predicted molar refractivity (Wildman–Crippen MR) is 60.7 cm³/mol. The quantitative estimate of drug-likeness (QED) is 0.475. The minimum atomic E-state index is -0.901. The van der Waals surface area contributed by atoms with Crippen LogP contribution in [0.1, 0.15) is 19.3 Å². The second-order valence-corrected chi connectivity index (χ2v) is 3.88. The average Bonchev–Trinajstić information content (AvgIpc) is 2.17. The molecule has 0 rings (SSSR count). The van der Waals surface area contributed by atoms with Crippen LogP contribution in [0.15, 0.2) is 0 Å². The molecule has 0 radical (unpaired) electrons. The first-order valence-corrected chi connectivity index (χ1v) is 5.82. The van der Waals surface area contributed by atoms with Gasteiger partial charge in [0.2, 0.25) is 5.91 Å². The summed E-state index contributed by atoms with van der Waals surface area (Å²) in [4.78, 5) is 21.2. The van der Waals surface area contributed by atoms with Crippen molar-refractivity contribution in [1.82, 2.24) is 5.32 Å². The number of aliphatic carboxylic acids is 1. The number of rotatable bonds is 8. The fourth-order valence-corrected chi connectivity index (χ4v) is 1.43. The van der Waals surface area contributed by atoms with Gasteiger partial charge in [-0.1, -0.05) is 0 Å². The smallest absolute Gasteiger partial charge is 0.313 e. The molecule has 0 aromatic carbocycles.